The van der Waals surface area contributed by atoms with Crippen LogP contribution in [0.15, 0.2) is 29.4 Å². The Kier molecular flexibility index (Phi) is 3.99. The smallest absolute Gasteiger partial charge is 0.266 e. The molecule has 18 heavy (non-hydrogen) atoms. The van der Waals surface area contributed by atoms with Crippen LogP contribution in [0.1, 0.15) is 29.9 Å². The van der Waals surface area contributed by atoms with Gasteiger partial charge in [-0.25, -0.2) is 5.43 Å². The SMILES string of the molecule is CC/C(C)=N\NC(=O)c1sc2ccccc2c1Cl. The highest BCUT2D eigenvalue weighted by Gasteiger charge is 2.16. The first-order valence-corrected chi connectivity index (χ1v) is 6.83. The van der Waals surface area contributed by atoms with E-state index in [1.165, 1.54) is 11.3 Å². The molecule has 1 amide bonds. The summed E-state index contributed by atoms with van der Waals surface area (Å²) in [5.41, 5.74) is 3.40. The largest absolute Gasteiger partial charge is 0.283 e. The molecule has 0 spiro atoms. The van der Waals surface area contributed by atoms with Gasteiger partial charge in [0.15, 0.2) is 0 Å². The lowest BCUT2D eigenvalue weighted by atomic mass is 10.2. The topological polar surface area (TPSA) is 41.5 Å². The molecule has 3 nitrogen and oxygen atoms in total. The maximum Gasteiger partial charge on any atom is 0.283 e. The third-order valence-corrected chi connectivity index (χ3v) is 4.28. The number of benzene rings is 1. The van der Waals surface area contributed by atoms with Crippen LogP contribution in [0.3, 0.4) is 0 Å². The highest BCUT2D eigenvalue weighted by atomic mass is 35.5. The molecule has 94 valence electrons. The van der Waals surface area contributed by atoms with E-state index in [1.807, 2.05) is 38.1 Å². The number of amides is 1. The van der Waals surface area contributed by atoms with Crippen molar-refractivity contribution in [3.63, 3.8) is 0 Å². The summed E-state index contributed by atoms with van der Waals surface area (Å²) in [5, 5.41) is 5.40. The Bertz CT molecular complexity index is 618. The van der Waals surface area contributed by atoms with Crippen LogP contribution in [0.2, 0.25) is 5.02 Å². The van der Waals surface area contributed by atoms with Crippen LogP contribution >= 0.6 is 22.9 Å². The molecule has 5 heteroatoms. The van der Waals surface area contributed by atoms with E-state index in [2.05, 4.69) is 10.5 Å². The Labute approximate surface area is 114 Å². The minimum Gasteiger partial charge on any atom is -0.266 e. The molecule has 0 aliphatic heterocycles. The summed E-state index contributed by atoms with van der Waals surface area (Å²) in [4.78, 5) is 12.5. The maximum atomic E-state index is 12.0. The molecule has 0 saturated carbocycles. The van der Waals surface area contributed by atoms with Crippen molar-refractivity contribution in [1.82, 2.24) is 5.43 Å². The van der Waals surface area contributed by atoms with Crippen molar-refractivity contribution in [2.75, 3.05) is 0 Å². The molecule has 0 aliphatic rings. The average Bonchev–Trinajstić information content (AvgIpc) is 2.73. The highest BCUT2D eigenvalue weighted by molar-refractivity contribution is 7.21. The van der Waals surface area contributed by atoms with Crippen LogP contribution in [0.4, 0.5) is 0 Å². The summed E-state index contributed by atoms with van der Waals surface area (Å²) in [5.74, 6) is -0.256. The van der Waals surface area contributed by atoms with Crippen molar-refractivity contribution >= 4 is 44.6 Å². The molecule has 2 aromatic rings. The quantitative estimate of drug-likeness (QED) is 0.668. The number of thiophene rings is 1. The number of carbonyl (C=O) groups excluding carboxylic acids is 1. The van der Waals surface area contributed by atoms with Gasteiger partial charge in [0.2, 0.25) is 0 Å². The summed E-state index contributed by atoms with van der Waals surface area (Å²) >= 11 is 7.58. The number of hydrazone groups is 1. The first-order chi connectivity index (χ1) is 8.63. The summed E-state index contributed by atoms with van der Waals surface area (Å²) < 4.78 is 1.00. The van der Waals surface area contributed by atoms with Gasteiger partial charge in [0.25, 0.3) is 5.91 Å². The zero-order valence-corrected chi connectivity index (χ0v) is 11.7. The second-order valence-electron chi connectivity index (χ2n) is 3.88. The molecule has 0 radical (unpaired) electrons. The van der Waals surface area contributed by atoms with Crippen LogP contribution in [-0.4, -0.2) is 11.6 Å². The molecule has 1 aromatic heterocycles. The van der Waals surface area contributed by atoms with E-state index in [4.69, 9.17) is 11.6 Å². The van der Waals surface area contributed by atoms with Crippen molar-refractivity contribution in [3.05, 3.63) is 34.2 Å². The van der Waals surface area contributed by atoms with Crippen LogP contribution in [0, 0.1) is 0 Å². The lowest BCUT2D eigenvalue weighted by Crippen LogP contribution is -2.18. The predicted octanol–water partition coefficient (Wildman–Crippen LogP) is 4.07. The standard InChI is InChI=1S/C13H13ClN2OS/c1-3-8(2)15-16-13(17)12-11(14)9-6-4-5-7-10(9)18-12/h4-7H,3H2,1-2H3,(H,16,17)/b15-8-. The molecule has 0 aliphatic carbocycles. The van der Waals surface area contributed by atoms with E-state index in [0.717, 1.165) is 22.2 Å². The number of fused-ring (bicyclic) bond motifs is 1. The molecule has 1 N–H and O–H groups in total. The van der Waals surface area contributed by atoms with Crippen LogP contribution < -0.4 is 5.43 Å². The molecule has 0 unspecified atom stereocenters. The number of rotatable bonds is 3. The van der Waals surface area contributed by atoms with Gasteiger partial charge >= 0.3 is 0 Å². The number of nitrogens with zero attached hydrogens (tertiary/aromatic N) is 1. The van der Waals surface area contributed by atoms with Crippen molar-refractivity contribution < 1.29 is 4.79 Å². The Morgan fingerprint density at radius 2 is 2.17 bits per heavy atom. The molecular formula is C13H13ClN2OS. The highest BCUT2D eigenvalue weighted by Crippen LogP contribution is 2.34. The minimum atomic E-state index is -0.256. The fraction of sp³-hybridized carbons (Fsp3) is 0.231. The molecule has 0 saturated heterocycles. The molecule has 0 fully saturated rings. The van der Waals surface area contributed by atoms with E-state index >= 15 is 0 Å². The van der Waals surface area contributed by atoms with Gasteiger partial charge in [0.1, 0.15) is 4.88 Å². The van der Waals surface area contributed by atoms with Crippen LogP contribution in [-0.2, 0) is 0 Å². The fourth-order valence-electron chi connectivity index (χ4n) is 1.44. The van der Waals surface area contributed by atoms with Gasteiger partial charge in [-0.2, -0.15) is 5.10 Å². The van der Waals surface area contributed by atoms with Gasteiger partial charge in [-0.3, -0.25) is 4.79 Å². The number of carbonyl (C=O) groups is 1. The number of nitrogens with one attached hydrogen (secondary N) is 1. The van der Waals surface area contributed by atoms with Crippen molar-refractivity contribution in [2.45, 2.75) is 20.3 Å². The van der Waals surface area contributed by atoms with E-state index in [1.54, 1.807) is 0 Å². The lowest BCUT2D eigenvalue weighted by Gasteiger charge is -1.99. The Balaban J connectivity index is 2.31. The molecule has 1 heterocycles. The zero-order valence-electron chi connectivity index (χ0n) is 10.2. The van der Waals surface area contributed by atoms with E-state index < -0.39 is 0 Å². The summed E-state index contributed by atoms with van der Waals surface area (Å²) in [6.07, 6.45) is 0.806. The Hall–Kier alpha value is -1.39. The monoisotopic (exact) mass is 280 g/mol. The minimum absolute atomic E-state index is 0.256. The first-order valence-electron chi connectivity index (χ1n) is 5.64. The van der Waals surface area contributed by atoms with Crippen molar-refractivity contribution in [2.24, 2.45) is 5.10 Å². The number of hydrogen-bond donors (Lipinski definition) is 1. The molecule has 2 rings (SSSR count). The normalized spacial score (nSPS) is 11.8. The summed E-state index contributed by atoms with van der Waals surface area (Å²) in [7, 11) is 0. The fourth-order valence-corrected chi connectivity index (χ4v) is 2.84. The number of hydrogen-bond acceptors (Lipinski definition) is 3. The third kappa shape index (κ3) is 2.54. The average molecular weight is 281 g/mol. The van der Waals surface area contributed by atoms with E-state index in [-0.39, 0.29) is 5.91 Å². The number of halogens is 1. The molecule has 0 atom stereocenters. The lowest BCUT2D eigenvalue weighted by molar-refractivity contribution is 0.0959. The summed E-state index contributed by atoms with van der Waals surface area (Å²) in [6.45, 7) is 3.85. The van der Waals surface area contributed by atoms with Crippen LogP contribution in [0.5, 0.6) is 0 Å². The second kappa shape index (κ2) is 5.50. The van der Waals surface area contributed by atoms with Gasteiger partial charge in [0, 0.05) is 15.8 Å². The van der Waals surface area contributed by atoms with Gasteiger partial charge in [-0.1, -0.05) is 36.7 Å². The maximum absolute atomic E-state index is 12.0. The predicted molar refractivity (Wildman–Crippen MR) is 77.7 cm³/mol. The molecular weight excluding hydrogens is 268 g/mol. The molecule has 0 bridgehead atoms. The Morgan fingerprint density at radius 3 is 2.83 bits per heavy atom. The van der Waals surface area contributed by atoms with Gasteiger partial charge in [-0.15, -0.1) is 11.3 Å². The van der Waals surface area contributed by atoms with Gasteiger partial charge in [-0.05, 0) is 19.4 Å². The second-order valence-corrected chi connectivity index (χ2v) is 5.31. The van der Waals surface area contributed by atoms with Gasteiger partial charge in [0.05, 0.1) is 5.02 Å². The first kappa shape index (κ1) is 13.1. The zero-order chi connectivity index (χ0) is 13.1. The molecule has 1 aromatic carbocycles. The van der Waals surface area contributed by atoms with E-state index in [0.29, 0.717) is 9.90 Å². The van der Waals surface area contributed by atoms with Crippen molar-refractivity contribution in [3.8, 4) is 0 Å². The van der Waals surface area contributed by atoms with E-state index in [9.17, 15) is 4.79 Å². The summed E-state index contributed by atoms with van der Waals surface area (Å²) in [6, 6.07) is 7.69. The van der Waals surface area contributed by atoms with Gasteiger partial charge < -0.3 is 0 Å². The van der Waals surface area contributed by atoms with Crippen molar-refractivity contribution in [1.29, 1.82) is 0 Å². The Morgan fingerprint density at radius 1 is 1.44 bits per heavy atom. The third-order valence-electron chi connectivity index (χ3n) is 2.60. The van der Waals surface area contributed by atoms with Crippen LogP contribution in [0.25, 0.3) is 10.1 Å².